The molecule has 2 N–H and O–H groups in total. The lowest BCUT2D eigenvalue weighted by atomic mass is 9.89. The van der Waals surface area contributed by atoms with Crippen molar-refractivity contribution in [3.8, 4) is 0 Å². The van der Waals surface area contributed by atoms with Gasteiger partial charge in [-0.25, -0.2) is 0 Å². The summed E-state index contributed by atoms with van der Waals surface area (Å²) in [6.45, 7) is 0. The summed E-state index contributed by atoms with van der Waals surface area (Å²) in [5, 5.41) is 0. The van der Waals surface area contributed by atoms with Crippen LogP contribution in [0.25, 0.3) is 0 Å². The minimum Gasteiger partial charge on any atom is -0.327 e. The van der Waals surface area contributed by atoms with Crippen LogP contribution >= 0.6 is 28.3 Å². The summed E-state index contributed by atoms with van der Waals surface area (Å²) in [6.07, 6.45) is 3.28. The Hall–Kier alpha value is -0.0500. The van der Waals surface area contributed by atoms with E-state index in [1.165, 1.54) is 15.6 Å². The van der Waals surface area contributed by atoms with Gasteiger partial charge in [0, 0.05) is 10.5 Å². The zero-order valence-corrected chi connectivity index (χ0v) is 9.70. The maximum Gasteiger partial charge on any atom is 0.0210 e. The molecule has 1 aromatic carbocycles. The molecule has 0 spiro atoms. The third-order valence-corrected chi connectivity index (χ3v) is 3.21. The number of nitrogens with two attached hydrogens (primary N) is 1. The van der Waals surface area contributed by atoms with Crippen molar-refractivity contribution >= 4 is 28.3 Å². The Morgan fingerprint density at radius 1 is 1.38 bits per heavy atom. The summed E-state index contributed by atoms with van der Waals surface area (Å²) in [7, 11) is 0. The van der Waals surface area contributed by atoms with E-state index in [1.54, 1.807) is 0 Å². The molecule has 1 aliphatic carbocycles. The molecule has 1 unspecified atom stereocenters. The van der Waals surface area contributed by atoms with E-state index in [0.29, 0.717) is 6.04 Å². The number of hydrogen-bond donors (Lipinski definition) is 1. The Morgan fingerprint density at radius 2 is 2.15 bits per heavy atom. The van der Waals surface area contributed by atoms with Gasteiger partial charge in [-0.2, -0.15) is 0 Å². The zero-order chi connectivity index (χ0) is 8.55. The Morgan fingerprint density at radius 3 is 2.92 bits per heavy atom. The number of halogens is 2. The van der Waals surface area contributed by atoms with Crippen LogP contribution in [0.4, 0.5) is 0 Å². The second-order valence-corrected chi connectivity index (χ2v) is 4.23. The molecule has 0 radical (unpaired) electrons. The van der Waals surface area contributed by atoms with Crippen molar-refractivity contribution in [3.63, 3.8) is 0 Å². The molecule has 0 saturated carbocycles. The van der Waals surface area contributed by atoms with Crippen molar-refractivity contribution in [2.45, 2.75) is 25.3 Å². The van der Waals surface area contributed by atoms with Gasteiger partial charge in [0.15, 0.2) is 0 Å². The van der Waals surface area contributed by atoms with Gasteiger partial charge in [-0.3, -0.25) is 0 Å². The SMILES string of the molecule is Cl.NC1CCc2c(Br)cccc2C1. The van der Waals surface area contributed by atoms with Crippen molar-refractivity contribution in [1.82, 2.24) is 0 Å². The van der Waals surface area contributed by atoms with E-state index in [4.69, 9.17) is 5.73 Å². The van der Waals surface area contributed by atoms with Crippen LogP contribution in [0.2, 0.25) is 0 Å². The van der Waals surface area contributed by atoms with E-state index in [0.717, 1.165) is 19.3 Å². The van der Waals surface area contributed by atoms with Crippen LogP contribution in [0.1, 0.15) is 17.5 Å². The van der Waals surface area contributed by atoms with Gasteiger partial charge in [0.25, 0.3) is 0 Å². The zero-order valence-electron chi connectivity index (χ0n) is 7.29. The molecule has 0 aromatic heterocycles. The number of benzene rings is 1. The van der Waals surface area contributed by atoms with Crippen LogP contribution in [0.15, 0.2) is 22.7 Å². The fraction of sp³-hybridized carbons (Fsp3) is 0.400. The second-order valence-electron chi connectivity index (χ2n) is 3.38. The van der Waals surface area contributed by atoms with Gasteiger partial charge in [-0.15, -0.1) is 12.4 Å². The molecule has 0 bridgehead atoms. The lowest BCUT2D eigenvalue weighted by Crippen LogP contribution is -2.27. The predicted molar refractivity (Wildman–Crippen MR) is 61.4 cm³/mol. The van der Waals surface area contributed by atoms with Crippen LogP contribution in [0, 0.1) is 0 Å². The lowest BCUT2D eigenvalue weighted by Gasteiger charge is -2.22. The van der Waals surface area contributed by atoms with E-state index < -0.39 is 0 Å². The highest BCUT2D eigenvalue weighted by atomic mass is 79.9. The summed E-state index contributed by atoms with van der Waals surface area (Å²) >= 11 is 3.56. The maximum absolute atomic E-state index is 5.88. The third kappa shape index (κ3) is 2.25. The molecule has 13 heavy (non-hydrogen) atoms. The summed E-state index contributed by atoms with van der Waals surface area (Å²) in [6, 6.07) is 6.74. The third-order valence-electron chi connectivity index (χ3n) is 2.46. The van der Waals surface area contributed by atoms with E-state index in [-0.39, 0.29) is 12.4 Å². The van der Waals surface area contributed by atoms with Crippen LogP contribution < -0.4 is 5.73 Å². The maximum atomic E-state index is 5.88. The normalized spacial score (nSPS) is 20.3. The van der Waals surface area contributed by atoms with Gasteiger partial charge >= 0.3 is 0 Å². The first-order valence-corrected chi connectivity index (χ1v) is 5.08. The van der Waals surface area contributed by atoms with Gasteiger partial charge in [-0.05, 0) is 36.5 Å². The average molecular weight is 263 g/mol. The molecular formula is C10H13BrClN. The molecule has 0 fully saturated rings. The molecular weight excluding hydrogens is 249 g/mol. The molecule has 1 aliphatic rings. The summed E-state index contributed by atoms with van der Waals surface area (Å²) in [5.41, 5.74) is 8.76. The summed E-state index contributed by atoms with van der Waals surface area (Å²) < 4.78 is 1.24. The lowest BCUT2D eigenvalue weighted by molar-refractivity contribution is 0.575. The van der Waals surface area contributed by atoms with Crippen molar-refractivity contribution in [2.75, 3.05) is 0 Å². The average Bonchev–Trinajstić information content (AvgIpc) is 2.04. The number of fused-ring (bicyclic) bond motifs is 1. The standard InChI is InChI=1S/C10H12BrN.ClH/c11-10-3-1-2-7-6-8(12)4-5-9(7)10;/h1-3,8H,4-6,12H2;1H. The van der Waals surface area contributed by atoms with Gasteiger partial charge in [0.1, 0.15) is 0 Å². The molecule has 1 nitrogen and oxygen atoms in total. The minimum atomic E-state index is 0. The molecule has 2 rings (SSSR count). The highest BCUT2D eigenvalue weighted by Crippen LogP contribution is 2.27. The smallest absolute Gasteiger partial charge is 0.0210 e. The van der Waals surface area contributed by atoms with E-state index >= 15 is 0 Å². The van der Waals surface area contributed by atoms with E-state index in [9.17, 15) is 0 Å². The van der Waals surface area contributed by atoms with Gasteiger partial charge < -0.3 is 5.73 Å². The molecule has 1 aromatic rings. The summed E-state index contributed by atoms with van der Waals surface area (Å²) in [5.74, 6) is 0. The van der Waals surface area contributed by atoms with Crippen LogP contribution in [-0.2, 0) is 12.8 Å². The van der Waals surface area contributed by atoms with Crippen LogP contribution in [0.3, 0.4) is 0 Å². The van der Waals surface area contributed by atoms with Gasteiger partial charge in [0.05, 0.1) is 0 Å². The van der Waals surface area contributed by atoms with Crippen molar-refractivity contribution in [1.29, 1.82) is 0 Å². The first-order chi connectivity index (χ1) is 5.77. The first kappa shape index (κ1) is 11.0. The largest absolute Gasteiger partial charge is 0.327 e. The van der Waals surface area contributed by atoms with E-state index in [1.807, 2.05) is 0 Å². The fourth-order valence-electron chi connectivity index (χ4n) is 1.79. The molecule has 1 atom stereocenters. The van der Waals surface area contributed by atoms with Gasteiger partial charge in [0.2, 0.25) is 0 Å². The van der Waals surface area contributed by atoms with Crippen molar-refractivity contribution < 1.29 is 0 Å². The topological polar surface area (TPSA) is 26.0 Å². The van der Waals surface area contributed by atoms with Gasteiger partial charge in [-0.1, -0.05) is 28.1 Å². The Balaban J connectivity index is 0.000000845. The van der Waals surface area contributed by atoms with Crippen LogP contribution in [-0.4, -0.2) is 6.04 Å². The van der Waals surface area contributed by atoms with Crippen molar-refractivity contribution in [2.24, 2.45) is 5.73 Å². The highest BCUT2D eigenvalue weighted by molar-refractivity contribution is 9.10. The Kier molecular flexibility index (Phi) is 3.77. The minimum absolute atomic E-state index is 0. The fourth-order valence-corrected chi connectivity index (χ4v) is 2.39. The Bertz CT molecular complexity index is 301. The second kappa shape index (κ2) is 4.45. The van der Waals surface area contributed by atoms with Crippen LogP contribution in [0.5, 0.6) is 0 Å². The van der Waals surface area contributed by atoms with E-state index in [2.05, 4.69) is 34.1 Å². The monoisotopic (exact) mass is 261 g/mol. The Labute approximate surface area is 93.2 Å². The summed E-state index contributed by atoms with van der Waals surface area (Å²) in [4.78, 5) is 0. The molecule has 3 heteroatoms. The number of hydrogen-bond acceptors (Lipinski definition) is 1. The highest BCUT2D eigenvalue weighted by Gasteiger charge is 2.16. The molecule has 0 heterocycles. The molecule has 0 saturated heterocycles. The predicted octanol–water partition coefficient (Wildman–Crippen LogP) is 2.69. The molecule has 72 valence electrons. The first-order valence-electron chi connectivity index (χ1n) is 4.29. The van der Waals surface area contributed by atoms with Crippen molar-refractivity contribution in [3.05, 3.63) is 33.8 Å². The molecule has 0 amide bonds. The molecule has 0 aliphatic heterocycles. The number of rotatable bonds is 0. The quantitative estimate of drug-likeness (QED) is 0.764.